The van der Waals surface area contributed by atoms with Crippen LogP contribution in [0.5, 0.6) is 0 Å². The van der Waals surface area contributed by atoms with Crippen molar-refractivity contribution in [3.8, 4) is 0 Å². The minimum absolute atomic E-state index is 0. The third kappa shape index (κ3) is 31.5. The molecule has 3 atom stereocenters. The Labute approximate surface area is 454 Å². The van der Waals surface area contributed by atoms with Crippen molar-refractivity contribution < 1.29 is 0 Å². The van der Waals surface area contributed by atoms with E-state index in [9.17, 15) is 0 Å². The standard InChI is InChI=1S/C10H20.3C9H19N.3C8H17N.4CH4/c1-10(2,3)9-7-5-4-6-8-9;3*1-9(2,3)8-5-6-10(4)7-8;3*1-8(2,3)7-5-9(4)6-7;;;;/h9H,4-8H2,1-3H3;3*8H,5-7H2,1-4H3;3*7H,5-6H2,1-4H3;4*1H4. The summed E-state index contributed by atoms with van der Waals surface area (Å²) in [6, 6.07) is 0. The van der Waals surface area contributed by atoms with Crippen LogP contribution >= 0.6 is 0 Å². The molecule has 7 fully saturated rings. The SMILES string of the molecule is C.C.C.C.CC(C)(C)C1CCCCC1.CN1CC(C(C)(C)C)C1.CN1CC(C(C)(C)C)C1.CN1CC(C(C)(C)C)C1.CN1CCC(C(C)(C)C)C1.CN1CCC(C(C)(C)C)C1.CN1CCC(C(C)(C)C)C1. The number of hydrogen-bond donors (Lipinski definition) is 0. The van der Waals surface area contributed by atoms with Gasteiger partial charge in [0.05, 0.1) is 0 Å². The molecule has 6 saturated heterocycles. The molecule has 6 nitrogen and oxygen atoms in total. The van der Waals surface area contributed by atoms with E-state index in [1.165, 1.54) is 130 Å². The Balaban J connectivity index is -0.000000366. The van der Waals surface area contributed by atoms with E-state index in [2.05, 4.69) is 217 Å². The minimum Gasteiger partial charge on any atom is -0.306 e. The second-order valence-corrected chi connectivity index (χ2v) is 31.4. The van der Waals surface area contributed by atoms with Gasteiger partial charge in [-0.1, -0.05) is 194 Å². The van der Waals surface area contributed by atoms with Crippen molar-refractivity contribution in [2.75, 3.05) is 121 Å². The quantitative estimate of drug-likeness (QED) is 0.239. The van der Waals surface area contributed by atoms with Crippen molar-refractivity contribution in [1.82, 2.24) is 29.4 Å². The first kappa shape index (κ1) is 77.3. The van der Waals surface area contributed by atoms with Gasteiger partial charge in [0.15, 0.2) is 0 Å². The fourth-order valence-corrected chi connectivity index (χ4v) is 10.6. The fourth-order valence-electron chi connectivity index (χ4n) is 10.6. The molecule has 7 aliphatic rings. The Morgan fingerprint density at radius 2 is 0.380 bits per heavy atom. The van der Waals surface area contributed by atoms with E-state index < -0.39 is 0 Å². The molecule has 0 bridgehead atoms. The Morgan fingerprint density at radius 3 is 0.465 bits per heavy atom. The molecule has 7 rings (SSSR count). The van der Waals surface area contributed by atoms with E-state index in [1.807, 2.05) is 0 Å². The van der Waals surface area contributed by atoms with Gasteiger partial charge in [-0.3, -0.25) is 0 Å². The molecular formula is C65H144N6. The molecule has 0 aromatic heterocycles. The molecule has 0 amide bonds. The van der Waals surface area contributed by atoms with Crippen LogP contribution in [0.2, 0.25) is 0 Å². The van der Waals surface area contributed by atoms with Crippen LogP contribution in [-0.2, 0) is 0 Å². The van der Waals surface area contributed by atoms with Crippen LogP contribution in [0.25, 0.3) is 0 Å². The number of likely N-dealkylation sites (tertiary alicyclic amines) is 6. The zero-order valence-electron chi connectivity index (χ0n) is 51.4. The van der Waals surface area contributed by atoms with Crippen LogP contribution in [0.3, 0.4) is 0 Å². The van der Waals surface area contributed by atoms with E-state index in [1.54, 1.807) is 0 Å². The van der Waals surface area contributed by atoms with Crippen molar-refractivity contribution in [2.24, 2.45) is 79.3 Å². The number of hydrogen-bond acceptors (Lipinski definition) is 6. The summed E-state index contributed by atoms with van der Waals surface area (Å²) in [6.45, 7) is 64.7. The average Bonchev–Trinajstić information content (AvgIpc) is 3.89. The zero-order chi connectivity index (χ0) is 52.1. The Hall–Kier alpha value is -0.240. The Kier molecular flexibility index (Phi) is 35.4. The second-order valence-electron chi connectivity index (χ2n) is 31.4. The molecule has 0 N–H and O–H groups in total. The largest absolute Gasteiger partial charge is 0.306 e. The summed E-state index contributed by atoms with van der Waals surface area (Å²) in [5.74, 6) is 6.54. The zero-order valence-corrected chi connectivity index (χ0v) is 51.4. The molecule has 6 heterocycles. The lowest BCUT2D eigenvalue weighted by Crippen LogP contribution is -2.49. The lowest BCUT2D eigenvalue weighted by Gasteiger charge is -2.44. The monoisotopic (exact) mass is 1010 g/mol. The molecule has 0 radical (unpaired) electrons. The fraction of sp³-hybridized carbons (Fsp3) is 1.00. The molecular weight excluding hydrogens is 865 g/mol. The molecule has 1 saturated carbocycles. The Bertz CT molecular complexity index is 1120. The van der Waals surface area contributed by atoms with E-state index in [0.717, 1.165) is 41.4 Å². The van der Waals surface area contributed by atoms with Gasteiger partial charge in [0, 0.05) is 58.9 Å². The van der Waals surface area contributed by atoms with Crippen LogP contribution in [0, 0.1) is 79.3 Å². The Morgan fingerprint density at radius 1 is 0.211 bits per heavy atom. The van der Waals surface area contributed by atoms with Gasteiger partial charge in [-0.05, 0) is 173 Å². The van der Waals surface area contributed by atoms with Crippen molar-refractivity contribution in [3.05, 3.63) is 0 Å². The highest BCUT2D eigenvalue weighted by atomic mass is 15.2. The maximum absolute atomic E-state index is 2.43. The summed E-state index contributed by atoms with van der Waals surface area (Å²) in [4.78, 5) is 14.4. The van der Waals surface area contributed by atoms with Crippen LogP contribution < -0.4 is 0 Å². The molecule has 0 aromatic carbocycles. The maximum Gasteiger partial charge on any atom is 0.00240 e. The summed E-state index contributed by atoms with van der Waals surface area (Å²) in [5, 5.41) is 0. The van der Waals surface area contributed by atoms with Crippen molar-refractivity contribution in [2.45, 2.75) is 226 Å². The molecule has 0 spiro atoms. The van der Waals surface area contributed by atoms with Gasteiger partial charge in [0.25, 0.3) is 0 Å². The van der Waals surface area contributed by atoms with Crippen LogP contribution in [-0.4, -0.2) is 150 Å². The third-order valence-electron chi connectivity index (χ3n) is 17.5. The van der Waals surface area contributed by atoms with E-state index in [0.29, 0.717) is 37.9 Å². The highest BCUT2D eigenvalue weighted by molar-refractivity contribution is 4.88. The predicted molar refractivity (Wildman–Crippen MR) is 329 cm³/mol. The first-order valence-corrected chi connectivity index (χ1v) is 28.2. The van der Waals surface area contributed by atoms with E-state index >= 15 is 0 Å². The van der Waals surface area contributed by atoms with Gasteiger partial charge < -0.3 is 29.4 Å². The van der Waals surface area contributed by atoms with Gasteiger partial charge in [0.2, 0.25) is 0 Å². The lowest BCUT2D eigenvalue weighted by molar-refractivity contribution is 0.0459. The van der Waals surface area contributed by atoms with E-state index in [4.69, 9.17) is 0 Å². The van der Waals surface area contributed by atoms with Gasteiger partial charge in [-0.2, -0.15) is 0 Å². The van der Waals surface area contributed by atoms with E-state index in [-0.39, 0.29) is 29.7 Å². The first-order chi connectivity index (χ1) is 30.1. The molecule has 6 aliphatic heterocycles. The van der Waals surface area contributed by atoms with Crippen molar-refractivity contribution in [3.63, 3.8) is 0 Å². The molecule has 3 unspecified atom stereocenters. The highest BCUT2D eigenvalue weighted by Crippen LogP contribution is 2.39. The van der Waals surface area contributed by atoms with Gasteiger partial charge in [-0.15, -0.1) is 0 Å². The van der Waals surface area contributed by atoms with Gasteiger partial charge in [0.1, 0.15) is 0 Å². The third-order valence-corrected chi connectivity index (χ3v) is 17.5. The normalized spacial score (nSPS) is 24.8. The summed E-state index contributed by atoms with van der Waals surface area (Å²) in [6.07, 6.45) is 11.5. The maximum atomic E-state index is 2.43. The molecule has 71 heavy (non-hydrogen) atoms. The summed E-state index contributed by atoms with van der Waals surface area (Å²) in [7, 11) is 13.2. The van der Waals surface area contributed by atoms with Gasteiger partial charge in [-0.25, -0.2) is 0 Å². The van der Waals surface area contributed by atoms with Crippen LogP contribution in [0.4, 0.5) is 0 Å². The molecule has 0 aromatic rings. The smallest absolute Gasteiger partial charge is 0.00240 e. The van der Waals surface area contributed by atoms with Crippen LogP contribution in [0.1, 0.15) is 226 Å². The molecule has 434 valence electrons. The highest BCUT2D eigenvalue weighted by Gasteiger charge is 2.36. The first-order valence-electron chi connectivity index (χ1n) is 28.2. The molecule has 6 heteroatoms. The van der Waals surface area contributed by atoms with Crippen molar-refractivity contribution in [1.29, 1.82) is 0 Å². The van der Waals surface area contributed by atoms with Crippen LogP contribution in [0.15, 0.2) is 0 Å². The topological polar surface area (TPSA) is 19.4 Å². The minimum atomic E-state index is 0. The average molecular weight is 1010 g/mol. The lowest BCUT2D eigenvalue weighted by atomic mass is 9.72. The number of rotatable bonds is 0. The molecule has 1 aliphatic carbocycles. The summed E-state index contributed by atoms with van der Waals surface area (Å²) < 4.78 is 0. The summed E-state index contributed by atoms with van der Waals surface area (Å²) in [5.41, 5.74) is 3.73. The second kappa shape index (κ2) is 32.5. The number of nitrogens with zero attached hydrogens (tertiary/aromatic N) is 6. The summed E-state index contributed by atoms with van der Waals surface area (Å²) >= 11 is 0. The van der Waals surface area contributed by atoms with Crippen molar-refractivity contribution >= 4 is 0 Å². The predicted octanol–water partition coefficient (Wildman–Crippen LogP) is 16.9. The van der Waals surface area contributed by atoms with Gasteiger partial charge >= 0.3 is 0 Å².